The third-order valence-electron chi connectivity index (χ3n) is 3.81. The monoisotopic (exact) mass is 407 g/mol. The quantitative estimate of drug-likeness (QED) is 0.606. The summed E-state index contributed by atoms with van der Waals surface area (Å²) in [6.07, 6.45) is -1.35. The van der Waals surface area contributed by atoms with Gasteiger partial charge in [0.1, 0.15) is 0 Å². The smallest absolute Gasteiger partial charge is 0.348 e. The van der Waals surface area contributed by atoms with E-state index in [2.05, 4.69) is 15.2 Å². The van der Waals surface area contributed by atoms with Crippen molar-refractivity contribution in [2.75, 3.05) is 19.8 Å². The number of hydrogen-bond donors (Lipinski definition) is 0. The van der Waals surface area contributed by atoms with Crippen LogP contribution in [0.2, 0.25) is 0 Å². The van der Waals surface area contributed by atoms with Gasteiger partial charge >= 0.3 is 6.18 Å². The highest BCUT2D eigenvalue weighted by Gasteiger charge is 2.31. The normalized spacial score (nSPS) is 11.5. The number of amides is 1. The standard InChI is InChI=1S/C18H16F3N5OS/c1-25(2)15(27)11-28-17-24-23-16(12-5-4-8-22-10-12)26(17)14-7-3-6-13(9-14)18(19,20)21/h3-10H,11H2,1-2H3. The van der Waals surface area contributed by atoms with Crippen molar-refractivity contribution in [3.63, 3.8) is 0 Å². The van der Waals surface area contributed by atoms with Crippen molar-refractivity contribution in [3.05, 3.63) is 54.4 Å². The van der Waals surface area contributed by atoms with Crippen molar-refractivity contribution >= 4 is 17.7 Å². The maximum atomic E-state index is 13.2. The molecule has 0 saturated heterocycles. The van der Waals surface area contributed by atoms with E-state index in [1.807, 2.05) is 0 Å². The topological polar surface area (TPSA) is 63.9 Å². The Morgan fingerprint density at radius 3 is 2.61 bits per heavy atom. The molecule has 1 aromatic carbocycles. The highest BCUT2D eigenvalue weighted by atomic mass is 32.2. The molecule has 28 heavy (non-hydrogen) atoms. The first kappa shape index (κ1) is 19.9. The van der Waals surface area contributed by atoms with Gasteiger partial charge in [-0.25, -0.2) is 0 Å². The third-order valence-corrected chi connectivity index (χ3v) is 4.72. The molecule has 0 spiro atoms. The summed E-state index contributed by atoms with van der Waals surface area (Å²) in [5.41, 5.74) is 0.0628. The zero-order chi connectivity index (χ0) is 20.3. The lowest BCUT2D eigenvalue weighted by Gasteiger charge is -2.14. The molecular formula is C18H16F3N5OS. The second-order valence-corrected chi connectivity index (χ2v) is 6.95. The fourth-order valence-electron chi connectivity index (χ4n) is 2.35. The van der Waals surface area contributed by atoms with Gasteiger partial charge in [0.2, 0.25) is 5.91 Å². The number of alkyl halides is 3. The zero-order valence-corrected chi connectivity index (χ0v) is 15.8. The Morgan fingerprint density at radius 1 is 1.18 bits per heavy atom. The number of carbonyl (C=O) groups excluding carboxylic acids is 1. The molecule has 0 saturated carbocycles. The van der Waals surface area contributed by atoms with E-state index in [1.165, 1.54) is 21.6 Å². The Balaban J connectivity index is 2.08. The van der Waals surface area contributed by atoms with E-state index in [-0.39, 0.29) is 17.3 Å². The van der Waals surface area contributed by atoms with Crippen LogP contribution in [0.4, 0.5) is 13.2 Å². The number of hydrogen-bond acceptors (Lipinski definition) is 5. The molecule has 3 rings (SSSR count). The fourth-order valence-corrected chi connectivity index (χ4v) is 3.29. The number of benzene rings is 1. The number of aromatic nitrogens is 4. The first-order valence-corrected chi connectivity index (χ1v) is 9.12. The van der Waals surface area contributed by atoms with Gasteiger partial charge in [0.25, 0.3) is 0 Å². The molecule has 3 aromatic rings. The van der Waals surface area contributed by atoms with Gasteiger partial charge in [-0.3, -0.25) is 14.3 Å². The van der Waals surface area contributed by atoms with Gasteiger partial charge in [0.05, 0.1) is 17.0 Å². The summed E-state index contributed by atoms with van der Waals surface area (Å²) in [6.45, 7) is 0. The average Bonchev–Trinajstić information content (AvgIpc) is 3.10. The van der Waals surface area contributed by atoms with Gasteiger partial charge in [-0.15, -0.1) is 10.2 Å². The molecule has 0 aliphatic heterocycles. The highest BCUT2D eigenvalue weighted by molar-refractivity contribution is 7.99. The molecular weight excluding hydrogens is 391 g/mol. The molecule has 2 aromatic heterocycles. The minimum atomic E-state index is -4.48. The van der Waals surface area contributed by atoms with Crippen molar-refractivity contribution in [2.45, 2.75) is 11.3 Å². The molecule has 0 bridgehead atoms. The number of rotatable bonds is 5. The number of carbonyl (C=O) groups is 1. The Bertz CT molecular complexity index is 973. The number of pyridine rings is 1. The van der Waals surface area contributed by atoms with Crippen LogP contribution in [0.3, 0.4) is 0 Å². The lowest BCUT2D eigenvalue weighted by atomic mass is 10.2. The maximum absolute atomic E-state index is 13.2. The molecule has 0 radical (unpaired) electrons. The summed E-state index contributed by atoms with van der Waals surface area (Å²) >= 11 is 1.10. The maximum Gasteiger partial charge on any atom is 0.416 e. The second kappa shape index (κ2) is 8.01. The minimum absolute atomic E-state index is 0.0805. The first-order valence-electron chi connectivity index (χ1n) is 8.14. The zero-order valence-electron chi connectivity index (χ0n) is 15.0. The van der Waals surface area contributed by atoms with Crippen molar-refractivity contribution in [1.29, 1.82) is 0 Å². The Kier molecular flexibility index (Phi) is 5.68. The SMILES string of the molecule is CN(C)C(=O)CSc1nnc(-c2cccnc2)n1-c1cccc(C(F)(F)F)c1. The van der Waals surface area contributed by atoms with Gasteiger partial charge in [-0.1, -0.05) is 17.8 Å². The van der Waals surface area contributed by atoms with Crippen LogP contribution >= 0.6 is 11.8 Å². The van der Waals surface area contributed by atoms with Crippen LogP contribution in [0.5, 0.6) is 0 Å². The van der Waals surface area contributed by atoms with Crippen molar-refractivity contribution in [3.8, 4) is 17.1 Å². The summed E-state index contributed by atoms with van der Waals surface area (Å²) in [6, 6.07) is 8.32. The van der Waals surface area contributed by atoms with E-state index >= 15 is 0 Å². The van der Waals surface area contributed by atoms with Gasteiger partial charge in [0, 0.05) is 32.1 Å². The summed E-state index contributed by atoms with van der Waals surface area (Å²) < 4.78 is 41.0. The van der Waals surface area contributed by atoms with Crippen LogP contribution in [-0.4, -0.2) is 50.4 Å². The summed E-state index contributed by atoms with van der Waals surface area (Å²) in [7, 11) is 3.25. The van der Waals surface area contributed by atoms with Gasteiger partial charge < -0.3 is 4.90 Å². The molecule has 0 N–H and O–H groups in total. The number of halogens is 3. The molecule has 0 fully saturated rings. The van der Waals surface area contributed by atoms with Gasteiger partial charge in [0.15, 0.2) is 11.0 Å². The molecule has 6 nitrogen and oxygen atoms in total. The molecule has 0 unspecified atom stereocenters. The van der Waals surface area contributed by atoms with Crippen molar-refractivity contribution in [2.24, 2.45) is 0 Å². The van der Waals surface area contributed by atoms with Crippen LogP contribution in [0.15, 0.2) is 53.9 Å². The van der Waals surface area contributed by atoms with Crippen LogP contribution in [0, 0.1) is 0 Å². The van der Waals surface area contributed by atoms with E-state index in [9.17, 15) is 18.0 Å². The van der Waals surface area contributed by atoms with E-state index in [4.69, 9.17) is 0 Å². The number of nitrogens with zero attached hydrogens (tertiary/aromatic N) is 5. The lowest BCUT2D eigenvalue weighted by molar-refractivity contribution is -0.137. The van der Waals surface area contributed by atoms with Gasteiger partial charge in [-0.2, -0.15) is 13.2 Å². The molecule has 10 heteroatoms. The Hall–Kier alpha value is -2.88. The number of thioether (sulfide) groups is 1. The first-order chi connectivity index (χ1) is 13.3. The largest absolute Gasteiger partial charge is 0.416 e. The van der Waals surface area contributed by atoms with Crippen molar-refractivity contribution in [1.82, 2.24) is 24.6 Å². The molecule has 1 amide bonds. The second-order valence-electron chi connectivity index (χ2n) is 6.01. The Morgan fingerprint density at radius 2 is 1.96 bits per heavy atom. The summed E-state index contributed by atoms with van der Waals surface area (Å²) in [5.74, 6) is 0.274. The average molecular weight is 407 g/mol. The van der Waals surface area contributed by atoms with E-state index in [0.29, 0.717) is 16.5 Å². The van der Waals surface area contributed by atoms with Crippen molar-refractivity contribution < 1.29 is 18.0 Å². The predicted octanol–water partition coefficient (Wildman–Crippen LogP) is 3.53. The predicted molar refractivity (Wildman–Crippen MR) is 99.0 cm³/mol. The summed E-state index contributed by atoms with van der Waals surface area (Å²) in [5, 5.41) is 8.52. The van der Waals surface area contributed by atoms with Crippen LogP contribution in [0.25, 0.3) is 17.1 Å². The minimum Gasteiger partial charge on any atom is -0.348 e. The van der Waals surface area contributed by atoms with Crippen LogP contribution in [-0.2, 0) is 11.0 Å². The molecule has 2 heterocycles. The molecule has 0 atom stereocenters. The van der Waals surface area contributed by atoms with Crippen LogP contribution < -0.4 is 0 Å². The van der Waals surface area contributed by atoms with Gasteiger partial charge in [-0.05, 0) is 30.3 Å². The lowest BCUT2D eigenvalue weighted by Crippen LogP contribution is -2.23. The molecule has 146 valence electrons. The third kappa shape index (κ3) is 4.33. The van der Waals surface area contributed by atoms with Crippen LogP contribution in [0.1, 0.15) is 5.56 Å². The fraction of sp³-hybridized carbons (Fsp3) is 0.222. The summed E-state index contributed by atoms with van der Waals surface area (Å²) in [4.78, 5) is 17.4. The molecule has 0 aliphatic carbocycles. The Labute approximate surface area is 163 Å². The van der Waals surface area contributed by atoms with E-state index in [1.54, 1.807) is 38.6 Å². The highest BCUT2D eigenvalue weighted by Crippen LogP contribution is 2.33. The molecule has 0 aliphatic rings. The van der Waals surface area contributed by atoms with E-state index in [0.717, 1.165) is 23.9 Å². The van der Waals surface area contributed by atoms with E-state index < -0.39 is 11.7 Å².